The van der Waals surface area contributed by atoms with Crippen LogP contribution in [0, 0.1) is 0 Å². The molecule has 1 fully saturated rings. The Morgan fingerprint density at radius 2 is 2.14 bits per heavy atom. The second-order valence-corrected chi connectivity index (χ2v) is 7.83. The van der Waals surface area contributed by atoms with Crippen molar-refractivity contribution in [3.63, 3.8) is 0 Å². The van der Waals surface area contributed by atoms with Gasteiger partial charge in [0, 0.05) is 12.3 Å². The van der Waals surface area contributed by atoms with Crippen molar-refractivity contribution in [1.82, 2.24) is 19.9 Å². The number of amides is 1. The first-order chi connectivity index (χ1) is 14.1. The number of hydrogen-bond donors (Lipinski definition) is 1. The molecule has 4 heterocycles. The number of nitrogens with zero attached hydrogens (tertiary/aromatic N) is 5. The van der Waals surface area contributed by atoms with Crippen LogP contribution in [0.25, 0.3) is 10.6 Å². The Bertz CT molecular complexity index is 1080. The maximum atomic E-state index is 12.1. The first kappa shape index (κ1) is 17.8. The summed E-state index contributed by atoms with van der Waals surface area (Å²) < 4.78 is 10.2. The Morgan fingerprint density at radius 1 is 1.24 bits per heavy atom. The van der Waals surface area contributed by atoms with E-state index in [1.165, 1.54) is 11.3 Å². The highest BCUT2D eigenvalue weighted by Gasteiger charge is 2.35. The Kier molecular flexibility index (Phi) is 4.27. The molecule has 148 valence electrons. The van der Waals surface area contributed by atoms with Gasteiger partial charge in [-0.05, 0) is 31.4 Å². The number of carbonyl (C=O) groups excluding carboxylic acids is 1. The predicted molar refractivity (Wildman–Crippen MR) is 108 cm³/mol. The summed E-state index contributed by atoms with van der Waals surface area (Å²) in [6, 6.07) is 3.59. The fourth-order valence-electron chi connectivity index (χ4n) is 3.38. The van der Waals surface area contributed by atoms with Gasteiger partial charge in [0.25, 0.3) is 0 Å². The van der Waals surface area contributed by atoms with Gasteiger partial charge < -0.3 is 14.8 Å². The predicted octanol–water partition coefficient (Wildman–Crippen LogP) is 3.19. The van der Waals surface area contributed by atoms with Gasteiger partial charge in [-0.15, -0.1) is 0 Å². The second-order valence-electron chi connectivity index (χ2n) is 6.85. The molecular weight excluding hydrogens is 392 g/mol. The number of cyclic esters (lactones) is 1. The standard InChI is InChI=1S/C19H18N6O3S/c1-10-9-28-19(26)25(10)18-23-13-5-3-11-7-21-17(24-15(11)16(13)29-18)22-12-4-6-14(27-2)20-8-12/h4,6-8,10H,3,5,9H2,1-2H3,(H,21,22,24). The van der Waals surface area contributed by atoms with Crippen LogP contribution in [-0.2, 0) is 17.6 Å². The zero-order chi connectivity index (χ0) is 20.0. The van der Waals surface area contributed by atoms with Crippen LogP contribution in [0.2, 0.25) is 0 Å². The Labute approximate surface area is 170 Å². The topological polar surface area (TPSA) is 102 Å². The maximum absolute atomic E-state index is 12.1. The van der Waals surface area contributed by atoms with E-state index in [9.17, 15) is 4.79 Å². The lowest BCUT2D eigenvalue weighted by molar-refractivity contribution is 0.179. The molecule has 1 saturated heterocycles. The zero-order valence-corrected chi connectivity index (χ0v) is 16.7. The minimum absolute atomic E-state index is 0.0280. The maximum Gasteiger partial charge on any atom is 0.416 e. The van der Waals surface area contributed by atoms with Crippen molar-refractivity contribution in [2.24, 2.45) is 0 Å². The third-order valence-electron chi connectivity index (χ3n) is 4.89. The van der Waals surface area contributed by atoms with E-state index in [2.05, 4.69) is 15.3 Å². The van der Waals surface area contributed by atoms with Gasteiger partial charge in [0.2, 0.25) is 11.8 Å². The van der Waals surface area contributed by atoms with Crippen molar-refractivity contribution in [3.8, 4) is 16.5 Å². The van der Waals surface area contributed by atoms with Crippen molar-refractivity contribution < 1.29 is 14.3 Å². The highest BCUT2D eigenvalue weighted by atomic mass is 32.1. The number of anilines is 3. The van der Waals surface area contributed by atoms with Gasteiger partial charge in [-0.3, -0.25) is 0 Å². The number of methoxy groups -OCH3 is 1. The molecule has 9 nitrogen and oxygen atoms in total. The molecule has 0 bridgehead atoms. The lowest BCUT2D eigenvalue weighted by Crippen LogP contribution is -2.30. The monoisotopic (exact) mass is 410 g/mol. The third-order valence-corrected chi connectivity index (χ3v) is 5.99. The van der Waals surface area contributed by atoms with Crippen LogP contribution in [0.15, 0.2) is 24.5 Å². The minimum atomic E-state index is -0.346. The van der Waals surface area contributed by atoms with Crippen LogP contribution in [-0.4, -0.2) is 45.8 Å². The van der Waals surface area contributed by atoms with Gasteiger partial charge in [-0.2, -0.15) is 0 Å². The van der Waals surface area contributed by atoms with E-state index in [1.54, 1.807) is 24.3 Å². The molecule has 10 heteroatoms. The molecule has 3 aromatic rings. The van der Waals surface area contributed by atoms with Crippen molar-refractivity contribution in [3.05, 3.63) is 35.8 Å². The molecule has 0 radical (unpaired) electrons. The lowest BCUT2D eigenvalue weighted by atomic mass is 10.00. The van der Waals surface area contributed by atoms with E-state index < -0.39 is 0 Å². The van der Waals surface area contributed by atoms with Gasteiger partial charge in [-0.25, -0.2) is 29.6 Å². The number of nitrogens with one attached hydrogen (secondary N) is 1. The molecule has 5 rings (SSSR count). The fraction of sp³-hybridized carbons (Fsp3) is 0.316. The fourth-order valence-corrected chi connectivity index (χ4v) is 4.61. The lowest BCUT2D eigenvalue weighted by Gasteiger charge is -2.14. The van der Waals surface area contributed by atoms with E-state index in [-0.39, 0.29) is 12.1 Å². The van der Waals surface area contributed by atoms with Crippen LogP contribution in [0.4, 0.5) is 21.6 Å². The SMILES string of the molecule is COc1ccc(Nc2ncc3c(n2)-c2sc(N4C(=O)OCC4C)nc2CC3)cn1. The van der Waals surface area contributed by atoms with E-state index in [0.29, 0.717) is 23.6 Å². The van der Waals surface area contributed by atoms with Crippen LogP contribution in [0.3, 0.4) is 0 Å². The number of aryl methyl sites for hydroxylation is 2. The summed E-state index contributed by atoms with van der Waals surface area (Å²) in [4.78, 5) is 32.7. The number of thiazole rings is 1. The van der Waals surface area contributed by atoms with Crippen molar-refractivity contribution >= 4 is 34.2 Å². The summed E-state index contributed by atoms with van der Waals surface area (Å²) in [5.74, 6) is 1.02. The van der Waals surface area contributed by atoms with Crippen molar-refractivity contribution in [2.75, 3.05) is 23.9 Å². The van der Waals surface area contributed by atoms with Gasteiger partial charge in [0.15, 0.2) is 5.13 Å². The summed E-state index contributed by atoms with van der Waals surface area (Å²) in [6.07, 6.45) is 4.78. The van der Waals surface area contributed by atoms with E-state index >= 15 is 0 Å². The molecule has 29 heavy (non-hydrogen) atoms. The number of pyridine rings is 1. The molecule has 0 saturated carbocycles. The van der Waals surface area contributed by atoms with Crippen LogP contribution in [0.1, 0.15) is 18.2 Å². The largest absolute Gasteiger partial charge is 0.481 e. The highest BCUT2D eigenvalue weighted by molar-refractivity contribution is 7.19. The summed E-state index contributed by atoms with van der Waals surface area (Å²) >= 11 is 1.47. The molecule has 1 aliphatic carbocycles. The van der Waals surface area contributed by atoms with Gasteiger partial charge >= 0.3 is 6.09 Å². The van der Waals surface area contributed by atoms with Crippen LogP contribution < -0.4 is 15.0 Å². The molecule has 1 amide bonds. The van der Waals surface area contributed by atoms with Gasteiger partial charge in [0.1, 0.15) is 6.61 Å². The molecule has 1 aliphatic heterocycles. The number of rotatable bonds is 4. The first-order valence-corrected chi connectivity index (χ1v) is 10.0. The molecule has 1 N–H and O–H groups in total. The Balaban J connectivity index is 1.47. The zero-order valence-electron chi connectivity index (χ0n) is 15.9. The smallest absolute Gasteiger partial charge is 0.416 e. The summed E-state index contributed by atoms with van der Waals surface area (Å²) in [6.45, 7) is 2.33. The Morgan fingerprint density at radius 3 is 2.86 bits per heavy atom. The normalized spacial score (nSPS) is 17.5. The average molecular weight is 410 g/mol. The number of aromatic nitrogens is 4. The van der Waals surface area contributed by atoms with Crippen molar-refractivity contribution in [1.29, 1.82) is 0 Å². The second kappa shape index (κ2) is 6.96. The summed E-state index contributed by atoms with van der Waals surface area (Å²) in [5.41, 5.74) is 3.65. The number of hydrogen-bond acceptors (Lipinski definition) is 9. The summed E-state index contributed by atoms with van der Waals surface area (Å²) in [7, 11) is 1.57. The average Bonchev–Trinajstić information content (AvgIpc) is 3.31. The molecule has 1 atom stereocenters. The first-order valence-electron chi connectivity index (χ1n) is 9.21. The number of fused-ring (bicyclic) bond motifs is 3. The number of carbonyl (C=O) groups is 1. The molecule has 1 unspecified atom stereocenters. The van der Waals surface area contributed by atoms with Crippen LogP contribution in [0.5, 0.6) is 5.88 Å². The molecule has 0 spiro atoms. The van der Waals surface area contributed by atoms with E-state index in [4.69, 9.17) is 19.4 Å². The highest BCUT2D eigenvalue weighted by Crippen LogP contribution is 2.41. The molecular formula is C19H18N6O3S. The quantitative estimate of drug-likeness (QED) is 0.700. The van der Waals surface area contributed by atoms with Gasteiger partial charge in [-0.1, -0.05) is 11.3 Å². The molecule has 0 aromatic carbocycles. The minimum Gasteiger partial charge on any atom is -0.481 e. The molecule has 3 aromatic heterocycles. The third kappa shape index (κ3) is 3.15. The van der Waals surface area contributed by atoms with E-state index in [0.717, 1.165) is 40.4 Å². The summed E-state index contributed by atoms with van der Waals surface area (Å²) in [5, 5.41) is 3.83. The van der Waals surface area contributed by atoms with Crippen LogP contribution >= 0.6 is 11.3 Å². The Hall–Kier alpha value is -3.27. The molecule has 2 aliphatic rings. The van der Waals surface area contributed by atoms with E-state index in [1.807, 2.05) is 19.2 Å². The number of ether oxygens (including phenoxy) is 2. The van der Waals surface area contributed by atoms with Gasteiger partial charge in [0.05, 0.1) is 41.3 Å². The van der Waals surface area contributed by atoms with Crippen molar-refractivity contribution in [2.45, 2.75) is 25.8 Å².